The van der Waals surface area contributed by atoms with Crippen molar-refractivity contribution in [2.45, 2.75) is 20.3 Å². The number of anilines is 5. The summed E-state index contributed by atoms with van der Waals surface area (Å²) in [5.41, 5.74) is 17.0. The molecule has 2 aliphatic carbocycles. The van der Waals surface area contributed by atoms with Crippen LogP contribution >= 0.6 is 0 Å². The van der Waals surface area contributed by atoms with Gasteiger partial charge in [-0.05, 0) is 133 Å². The minimum atomic E-state index is 0.200. The van der Waals surface area contributed by atoms with Crippen LogP contribution in [0.25, 0.3) is 93.6 Å². The quantitative estimate of drug-likeness (QED) is 0.166. The molecule has 1 atom stereocenters. The van der Waals surface area contributed by atoms with Crippen LogP contribution in [-0.4, -0.2) is 0 Å². The van der Waals surface area contributed by atoms with E-state index in [9.17, 15) is 0 Å². The summed E-state index contributed by atoms with van der Waals surface area (Å²) < 4.78 is 26.7. The van der Waals surface area contributed by atoms with E-state index in [0.29, 0.717) is 0 Å². The smallest absolute Gasteiger partial charge is 0.159 e. The second kappa shape index (κ2) is 14.7. The lowest BCUT2D eigenvalue weighted by Crippen LogP contribution is -2.21. The van der Waals surface area contributed by atoms with Gasteiger partial charge in [-0.3, -0.25) is 0 Å². The summed E-state index contributed by atoms with van der Waals surface area (Å²) in [5.74, 6) is 1.10. The largest absolute Gasteiger partial charge is 0.456 e. The van der Waals surface area contributed by atoms with Crippen molar-refractivity contribution >= 4 is 122 Å². The molecule has 15 rings (SSSR count). The van der Waals surface area contributed by atoms with Crippen LogP contribution in [0.4, 0.5) is 28.4 Å². The first-order valence-corrected chi connectivity index (χ1v) is 24.0. The fourth-order valence-corrected chi connectivity index (χ4v) is 11.4. The first-order valence-electron chi connectivity index (χ1n) is 24.0. The van der Waals surface area contributed by atoms with Gasteiger partial charge < -0.3 is 27.5 Å². The molecule has 0 fully saturated rings. The Bertz CT molecular complexity index is 4450. The number of fused-ring (bicyclic) bond motifs is 14. The maximum Gasteiger partial charge on any atom is 0.159 e. The van der Waals surface area contributed by atoms with Crippen molar-refractivity contribution in [2.24, 2.45) is 5.92 Å². The van der Waals surface area contributed by atoms with Gasteiger partial charge in [-0.15, -0.1) is 0 Å². The van der Waals surface area contributed by atoms with Gasteiger partial charge >= 0.3 is 0 Å². The monoisotopic (exact) mass is 902 g/mol. The number of rotatable bonds is 6. The highest BCUT2D eigenvalue weighted by atomic mass is 16.3. The standard InChI is InChI=1S/C64H42N2O4/c1-37-13-3-7-19-53(37)65(55-21-11-17-47-45-15-5-9-23-57(45)69-63(47)55)43-27-25-39-31-49-51-35-52-50-32-40-26-28-44(30-42(40)34-60(50)68-62(52)36-61(51)67-59(49)33-41(39)29-43)66(54-20-8-4-14-38(54)2)56-22-12-18-48-46-16-6-10-24-58(46)70-64(48)56/h3-31,33-36,40H,32H2,1-2H3. The fourth-order valence-electron chi connectivity index (χ4n) is 11.4. The molecule has 4 heterocycles. The molecule has 0 radical (unpaired) electrons. The summed E-state index contributed by atoms with van der Waals surface area (Å²) in [4.78, 5) is 4.66. The van der Waals surface area contributed by atoms with Crippen molar-refractivity contribution in [2.75, 3.05) is 9.80 Å². The number of hydrogen-bond acceptors (Lipinski definition) is 6. The van der Waals surface area contributed by atoms with E-state index in [1.807, 2.05) is 24.3 Å². The van der Waals surface area contributed by atoms with Crippen molar-refractivity contribution in [3.8, 4) is 0 Å². The molecule has 6 heteroatoms. The second-order valence-corrected chi connectivity index (χ2v) is 18.9. The lowest BCUT2D eigenvalue weighted by molar-refractivity contribution is 0.585. The minimum Gasteiger partial charge on any atom is -0.456 e. The summed E-state index contributed by atoms with van der Waals surface area (Å²) in [7, 11) is 0. The van der Waals surface area contributed by atoms with Gasteiger partial charge in [0.1, 0.15) is 33.7 Å². The number of benzene rings is 9. The Morgan fingerprint density at radius 1 is 0.414 bits per heavy atom. The van der Waals surface area contributed by atoms with Crippen LogP contribution in [0.2, 0.25) is 0 Å². The highest BCUT2D eigenvalue weighted by Crippen LogP contribution is 2.48. The lowest BCUT2D eigenvalue weighted by Gasteiger charge is -2.31. The van der Waals surface area contributed by atoms with Crippen LogP contribution in [-0.2, 0) is 6.42 Å². The molecular weight excluding hydrogens is 861 g/mol. The Morgan fingerprint density at radius 3 is 1.71 bits per heavy atom. The van der Waals surface area contributed by atoms with E-state index in [-0.39, 0.29) is 5.92 Å². The third-order valence-electron chi connectivity index (χ3n) is 14.8. The molecule has 0 spiro atoms. The van der Waals surface area contributed by atoms with Gasteiger partial charge in [0, 0.05) is 78.0 Å². The summed E-state index contributed by atoms with van der Waals surface area (Å²) in [6.07, 6.45) is 10.0. The number of furan rings is 4. The molecule has 9 aromatic carbocycles. The summed E-state index contributed by atoms with van der Waals surface area (Å²) in [6.45, 7) is 4.33. The van der Waals surface area contributed by atoms with Crippen molar-refractivity contribution < 1.29 is 17.7 Å². The van der Waals surface area contributed by atoms with Gasteiger partial charge in [0.15, 0.2) is 11.2 Å². The van der Waals surface area contributed by atoms with Crippen LogP contribution in [0.3, 0.4) is 0 Å². The van der Waals surface area contributed by atoms with Crippen molar-refractivity contribution in [1.82, 2.24) is 0 Å². The second-order valence-electron chi connectivity index (χ2n) is 18.9. The molecule has 0 saturated heterocycles. The Hall–Kier alpha value is -9.00. The highest BCUT2D eigenvalue weighted by Gasteiger charge is 2.30. The fraction of sp³-hybridized carbons (Fsp3) is 0.0625. The predicted octanol–water partition coefficient (Wildman–Crippen LogP) is 18.2. The zero-order valence-corrected chi connectivity index (χ0v) is 38.4. The molecule has 0 saturated carbocycles. The van der Waals surface area contributed by atoms with Gasteiger partial charge in [0.2, 0.25) is 0 Å². The predicted molar refractivity (Wildman–Crippen MR) is 287 cm³/mol. The van der Waals surface area contributed by atoms with Gasteiger partial charge in [0.25, 0.3) is 0 Å². The lowest BCUT2D eigenvalue weighted by atomic mass is 9.82. The Balaban J connectivity index is 0.819. The minimum absolute atomic E-state index is 0.200. The number of hydrogen-bond donors (Lipinski definition) is 0. The van der Waals surface area contributed by atoms with E-state index in [4.69, 9.17) is 17.7 Å². The van der Waals surface area contributed by atoms with Crippen LogP contribution < -0.4 is 9.80 Å². The van der Waals surface area contributed by atoms with Gasteiger partial charge in [-0.2, -0.15) is 0 Å². The highest BCUT2D eigenvalue weighted by molar-refractivity contribution is 6.15. The number of para-hydroxylation sites is 6. The molecule has 0 aliphatic heterocycles. The normalized spacial score (nSPS) is 14.6. The van der Waals surface area contributed by atoms with Crippen LogP contribution in [0.15, 0.2) is 223 Å². The molecule has 13 aromatic rings. The molecule has 0 amide bonds. The van der Waals surface area contributed by atoms with Crippen molar-refractivity contribution in [3.63, 3.8) is 0 Å². The molecule has 4 aromatic heterocycles. The SMILES string of the molecule is Cc1ccccc1N(C1=CC2=Cc3oc4cc5oc6cc7cc(N(c8ccccc8C)c8cccc9c8oc8ccccc89)ccc7cc6c5cc4c3CC2C=C1)c1cccc2c1oc1ccccc12. The molecule has 0 bridgehead atoms. The van der Waals surface area contributed by atoms with E-state index in [0.717, 1.165) is 134 Å². The molecular formula is C64H42N2O4. The Labute approximate surface area is 401 Å². The van der Waals surface area contributed by atoms with Gasteiger partial charge in [0.05, 0.1) is 11.4 Å². The zero-order chi connectivity index (χ0) is 46.2. The maximum absolute atomic E-state index is 6.75. The summed E-state index contributed by atoms with van der Waals surface area (Å²) in [6, 6.07) is 62.0. The maximum atomic E-state index is 6.75. The summed E-state index contributed by atoms with van der Waals surface area (Å²) >= 11 is 0. The molecule has 70 heavy (non-hydrogen) atoms. The van der Waals surface area contributed by atoms with E-state index in [2.05, 4.69) is 200 Å². The van der Waals surface area contributed by atoms with E-state index < -0.39 is 0 Å². The van der Waals surface area contributed by atoms with E-state index in [1.54, 1.807) is 0 Å². The van der Waals surface area contributed by atoms with Crippen molar-refractivity contribution in [1.29, 1.82) is 0 Å². The van der Waals surface area contributed by atoms with Gasteiger partial charge in [-0.1, -0.05) is 109 Å². The molecule has 6 nitrogen and oxygen atoms in total. The molecule has 1 unspecified atom stereocenters. The van der Waals surface area contributed by atoms with Crippen LogP contribution in [0.1, 0.15) is 22.5 Å². The van der Waals surface area contributed by atoms with Crippen molar-refractivity contribution in [3.05, 3.63) is 228 Å². The first kappa shape index (κ1) is 39.0. The number of nitrogens with zero attached hydrogens (tertiary/aromatic N) is 2. The molecule has 0 N–H and O–H groups in total. The molecule has 332 valence electrons. The number of aryl methyl sites for hydroxylation is 2. The number of allylic oxidation sites excluding steroid dienone is 4. The Kier molecular flexibility index (Phi) is 8.23. The average molecular weight is 903 g/mol. The van der Waals surface area contributed by atoms with Crippen LogP contribution in [0.5, 0.6) is 0 Å². The third kappa shape index (κ3) is 5.80. The topological polar surface area (TPSA) is 59.0 Å². The third-order valence-corrected chi connectivity index (χ3v) is 14.8. The average Bonchev–Trinajstić information content (AvgIpc) is 4.15. The summed E-state index contributed by atoms with van der Waals surface area (Å²) in [5, 5.41) is 9.94. The van der Waals surface area contributed by atoms with E-state index >= 15 is 0 Å². The molecule has 2 aliphatic rings. The first-order chi connectivity index (χ1) is 34.5. The zero-order valence-electron chi connectivity index (χ0n) is 38.4. The Morgan fingerprint density at radius 2 is 1.00 bits per heavy atom. The van der Waals surface area contributed by atoms with Crippen LogP contribution in [0, 0.1) is 19.8 Å². The van der Waals surface area contributed by atoms with Gasteiger partial charge in [-0.25, -0.2) is 0 Å². The van der Waals surface area contributed by atoms with E-state index in [1.165, 1.54) is 22.3 Å².